The van der Waals surface area contributed by atoms with Gasteiger partial charge in [0, 0.05) is 27.5 Å². The quantitative estimate of drug-likeness (QED) is 0.229. The van der Waals surface area contributed by atoms with Gasteiger partial charge in [-0.2, -0.15) is 5.01 Å². The van der Waals surface area contributed by atoms with E-state index >= 15 is 4.79 Å². The Kier molecular flexibility index (Phi) is 7.55. The molecule has 0 bridgehead atoms. The third kappa shape index (κ3) is 4.44. The zero-order valence-electron chi connectivity index (χ0n) is 24.8. The normalized spacial score (nSPS) is 28.6. The second-order valence-corrected chi connectivity index (χ2v) is 13.8. The number of allylic oxidation sites excluding steroid dienone is 2. The molecule has 2 aliphatic heterocycles. The van der Waals surface area contributed by atoms with Gasteiger partial charge in [-0.05, 0) is 85.3 Å². The Morgan fingerprint density at radius 2 is 1.70 bits per heavy atom. The van der Waals surface area contributed by atoms with Crippen molar-refractivity contribution in [2.75, 3.05) is 12.0 Å². The number of amides is 4. The molecule has 46 heavy (non-hydrogen) atoms. The van der Waals surface area contributed by atoms with Crippen molar-refractivity contribution in [1.29, 1.82) is 0 Å². The Balaban J connectivity index is 1.47. The highest BCUT2D eigenvalue weighted by Crippen LogP contribution is 2.65. The van der Waals surface area contributed by atoms with Crippen LogP contribution in [-0.4, -0.2) is 45.2 Å². The lowest BCUT2D eigenvalue weighted by Gasteiger charge is -2.50. The summed E-state index contributed by atoms with van der Waals surface area (Å²) in [5, 5.41) is 12.8. The predicted octanol–water partition coefficient (Wildman–Crippen LogP) is 6.34. The molecule has 4 aliphatic rings. The molecule has 236 valence electrons. The molecule has 0 radical (unpaired) electrons. The first-order chi connectivity index (χ1) is 22.1. The Morgan fingerprint density at radius 3 is 2.39 bits per heavy atom. The largest absolute Gasteiger partial charge is 0.508 e. The fourth-order valence-corrected chi connectivity index (χ4v) is 8.77. The maximum absolute atomic E-state index is 15.1. The van der Waals surface area contributed by atoms with Crippen LogP contribution in [-0.2, 0) is 24.6 Å². The van der Waals surface area contributed by atoms with Gasteiger partial charge in [-0.1, -0.05) is 58.2 Å². The van der Waals surface area contributed by atoms with Crippen LogP contribution in [0, 0.1) is 29.5 Å². The van der Waals surface area contributed by atoms with Gasteiger partial charge >= 0.3 is 0 Å². The Bertz CT molecular complexity index is 1820. The first-order valence-corrected chi connectivity index (χ1v) is 16.4. The van der Waals surface area contributed by atoms with Crippen LogP contribution in [0.5, 0.6) is 5.75 Å². The van der Waals surface area contributed by atoms with Crippen LogP contribution in [0.1, 0.15) is 43.2 Å². The zero-order valence-corrected chi connectivity index (χ0v) is 27.1. The molecule has 3 aromatic rings. The fourth-order valence-electron chi connectivity index (χ4n) is 8.27. The molecule has 0 aromatic heterocycles. The summed E-state index contributed by atoms with van der Waals surface area (Å²) in [4.78, 5) is 58.3. The number of hydrazine groups is 1. The molecule has 3 aromatic carbocycles. The first-order valence-electron chi connectivity index (χ1n) is 15.3. The van der Waals surface area contributed by atoms with Crippen LogP contribution < -0.4 is 5.43 Å². The molecule has 8 nitrogen and oxygen atoms in total. The second-order valence-electron chi connectivity index (χ2n) is 12.4. The maximum Gasteiger partial charge on any atom is 0.260 e. The van der Waals surface area contributed by atoms with E-state index in [0.717, 1.165) is 10.6 Å². The smallest absolute Gasteiger partial charge is 0.260 e. The van der Waals surface area contributed by atoms with Crippen LogP contribution >= 0.6 is 27.5 Å². The maximum atomic E-state index is 15.1. The summed E-state index contributed by atoms with van der Waals surface area (Å²) >= 11 is 9.83. The Hall–Kier alpha value is -4.02. The lowest BCUT2D eigenvalue weighted by atomic mass is 9.49. The number of phenols is 1. The number of fused-ring (bicyclic) bond motifs is 4. The molecule has 2 saturated heterocycles. The van der Waals surface area contributed by atoms with Crippen molar-refractivity contribution in [1.82, 2.24) is 9.91 Å². The number of likely N-dealkylation sites (tertiary alicyclic amines) is 1. The Labute approximate surface area is 278 Å². The standard InChI is InChI=1S/C35H30BrClFN3O5/c1-2-15-40-31(43)24-13-12-23-25(29(24)33(40)45)17-27-32(44)41(39-22-10-8-21(38)9-11-22)34(46)35(27,18-3-6-20(37)7-4-18)30(23)26-16-19(36)5-14-28(26)42/h3-12,14,16,24-25,27,29-30,39,42H,2,13,15,17H2,1H3/t24-,25+,27-,29-,30+,35+/m0/s1. The number of halogens is 3. The van der Waals surface area contributed by atoms with Crippen LogP contribution in [0.4, 0.5) is 10.1 Å². The van der Waals surface area contributed by atoms with E-state index in [2.05, 4.69) is 21.4 Å². The Morgan fingerprint density at radius 1 is 0.978 bits per heavy atom. The number of aromatic hydroxyl groups is 1. The van der Waals surface area contributed by atoms with Crippen LogP contribution in [0.2, 0.25) is 5.02 Å². The highest BCUT2D eigenvalue weighted by molar-refractivity contribution is 9.10. The molecule has 0 spiro atoms. The first kappa shape index (κ1) is 30.6. The monoisotopic (exact) mass is 705 g/mol. The summed E-state index contributed by atoms with van der Waals surface area (Å²) < 4.78 is 14.4. The third-order valence-corrected chi connectivity index (χ3v) is 10.8. The van der Waals surface area contributed by atoms with Crippen molar-refractivity contribution < 1.29 is 28.7 Å². The lowest BCUT2D eigenvalue weighted by Crippen LogP contribution is -2.53. The molecule has 3 fully saturated rings. The van der Waals surface area contributed by atoms with Crippen LogP contribution in [0.25, 0.3) is 0 Å². The van der Waals surface area contributed by atoms with Gasteiger partial charge in [0.15, 0.2) is 0 Å². The molecule has 0 unspecified atom stereocenters. The summed E-state index contributed by atoms with van der Waals surface area (Å²) in [6.45, 7) is 2.22. The highest BCUT2D eigenvalue weighted by Gasteiger charge is 2.70. The lowest BCUT2D eigenvalue weighted by molar-refractivity contribution is -0.141. The zero-order chi connectivity index (χ0) is 32.5. The molecule has 2 N–H and O–H groups in total. The minimum absolute atomic E-state index is 0.0735. The number of rotatable bonds is 6. The average Bonchev–Trinajstić information content (AvgIpc) is 3.41. The molecule has 7 rings (SSSR count). The summed E-state index contributed by atoms with van der Waals surface area (Å²) in [6.07, 6.45) is 2.99. The molecule has 11 heteroatoms. The molecular formula is C35H30BrClFN3O5. The van der Waals surface area contributed by atoms with Gasteiger partial charge in [0.25, 0.3) is 11.8 Å². The van der Waals surface area contributed by atoms with Crippen LogP contribution in [0.15, 0.2) is 82.9 Å². The number of benzene rings is 3. The molecule has 1 saturated carbocycles. The van der Waals surface area contributed by atoms with Crippen molar-refractivity contribution >= 4 is 56.8 Å². The number of nitrogens with one attached hydrogen (secondary N) is 1. The van der Waals surface area contributed by atoms with E-state index in [0.29, 0.717) is 45.7 Å². The van der Waals surface area contributed by atoms with Gasteiger partial charge in [0.2, 0.25) is 11.8 Å². The van der Waals surface area contributed by atoms with E-state index in [9.17, 15) is 23.9 Å². The van der Waals surface area contributed by atoms with Crippen molar-refractivity contribution in [3.05, 3.63) is 105 Å². The average molecular weight is 707 g/mol. The number of nitrogens with zero attached hydrogens (tertiary/aromatic N) is 2. The summed E-state index contributed by atoms with van der Waals surface area (Å²) in [7, 11) is 0. The number of anilines is 1. The van der Waals surface area contributed by atoms with Crippen molar-refractivity contribution in [3.63, 3.8) is 0 Å². The molecule has 4 amide bonds. The van der Waals surface area contributed by atoms with E-state index in [-0.39, 0.29) is 24.0 Å². The van der Waals surface area contributed by atoms with Gasteiger partial charge in [0.05, 0.1) is 28.9 Å². The van der Waals surface area contributed by atoms with E-state index in [1.54, 1.807) is 36.4 Å². The number of phenolic OH excluding ortho intramolecular Hbond substituents is 1. The number of carbonyl (C=O) groups excluding carboxylic acids is 4. The van der Waals surface area contributed by atoms with Crippen molar-refractivity contribution in [3.8, 4) is 5.75 Å². The fraction of sp³-hybridized carbons (Fsp3) is 0.314. The third-order valence-electron chi connectivity index (χ3n) is 10.1. The highest BCUT2D eigenvalue weighted by atomic mass is 79.9. The van der Waals surface area contributed by atoms with E-state index in [1.165, 1.54) is 35.2 Å². The number of hydrogen-bond donors (Lipinski definition) is 2. The minimum atomic E-state index is -1.56. The van der Waals surface area contributed by atoms with Crippen molar-refractivity contribution in [2.45, 2.75) is 37.5 Å². The van der Waals surface area contributed by atoms with E-state index in [4.69, 9.17) is 11.6 Å². The second kappa shape index (κ2) is 11.3. The van der Waals surface area contributed by atoms with Gasteiger partial charge in [-0.3, -0.25) is 29.5 Å². The predicted molar refractivity (Wildman–Crippen MR) is 172 cm³/mol. The topological polar surface area (TPSA) is 107 Å². The van der Waals surface area contributed by atoms with Crippen molar-refractivity contribution in [2.24, 2.45) is 23.7 Å². The number of imide groups is 2. The molecular weight excluding hydrogens is 677 g/mol. The summed E-state index contributed by atoms with van der Waals surface area (Å²) in [5.41, 5.74) is 3.37. The summed E-state index contributed by atoms with van der Waals surface area (Å²) in [6, 6.07) is 17.0. The molecule has 2 heterocycles. The molecule has 6 atom stereocenters. The van der Waals surface area contributed by atoms with Gasteiger partial charge in [-0.25, -0.2) is 4.39 Å². The van der Waals surface area contributed by atoms with Gasteiger partial charge < -0.3 is 5.11 Å². The van der Waals surface area contributed by atoms with E-state index in [1.807, 2.05) is 13.0 Å². The number of hydrogen-bond acceptors (Lipinski definition) is 6. The minimum Gasteiger partial charge on any atom is -0.508 e. The van der Waals surface area contributed by atoms with Gasteiger partial charge in [0.1, 0.15) is 11.6 Å². The number of carbonyl (C=O) groups is 4. The molecule has 2 aliphatic carbocycles. The summed E-state index contributed by atoms with van der Waals surface area (Å²) in [5.74, 6) is -5.75. The van der Waals surface area contributed by atoms with Crippen LogP contribution in [0.3, 0.4) is 0 Å². The SMILES string of the molecule is CCCN1C(=O)[C@H]2[C@H](CC=C3[C@H]2C[C@H]2C(=O)N(Nc4ccc(F)cc4)C(=O)[C@@]2(c2ccc(Cl)cc2)[C@H]3c2cc(Br)ccc2O)C1=O. The van der Waals surface area contributed by atoms with E-state index < -0.39 is 52.6 Å². The van der Waals surface area contributed by atoms with Gasteiger partial charge in [-0.15, -0.1) is 0 Å².